The second-order valence-corrected chi connectivity index (χ2v) is 6.26. The van der Waals surface area contributed by atoms with Gasteiger partial charge in [0.1, 0.15) is 0 Å². The predicted octanol–water partition coefficient (Wildman–Crippen LogP) is 2.21. The summed E-state index contributed by atoms with van der Waals surface area (Å²) in [6.07, 6.45) is 0.739. The molecule has 25 heavy (non-hydrogen) atoms. The fraction of sp³-hybridized carbons (Fsp3) is 0.300. The van der Waals surface area contributed by atoms with Crippen LogP contribution in [0.3, 0.4) is 0 Å². The van der Waals surface area contributed by atoms with Gasteiger partial charge in [-0.05, 0) is 35.7 Å². The van der Waals surface area contributed by atoms with Crippen LogP contribution in [0, 0.1) is 0 Å². The largest absolute Gasteiger partial charge is 0.390 e. The highest BCUT2D eigenvalue weighted by molar-refractivity contribution is 5.99. The highest BCUT2D eigenvalue weighted by atomic mass is 16.3. The Bertz CT molecular complexity index is 788. The Kier molecular flexibility index (Phi) is 5.14. The first-order valence-electron chi connectivity index (χ1n) is 8.55. The summed E-state index contributed by atoms with van der Waals surface area (Å²) in [7, 11) is 0. The van der Waals surface area contributed by atoms with Gasteiger partial charge in [-0.3, -0.25) is 9.59 Å². The molecule has 2 unspecified atom stereocenters. The number of rotatable bonds is 5. The van der Waals surface area contributed by atoms with Crippen molar-refractivity contribution in [3.8, 4) is 0 Å². The fourth-order valence-electron chi connectivity index (χ4n) is 3.11. The fourth-order valence-corrected chi connectivity index (χ4v) is 3.11. The van der Waals surface area contributed by atoms with Gasteiger partial charge in [0.2, 0.25) is 0 Å². The first-order valence-corrected chi connectivity index (χ1v) is 8.55. The third-order valence-corrected chi connectivity index (χ3v) is 4.41. The number of benzene rings is 2. The summed E-state index contributed by atoms with van der Waals surface area (Å²) in [6, 6.07) is 13.9. The summed E-state index contributed by atoms with van der Waals surface area (Å²) in [5.74, 6) is -0.492. The zero-order valence-corrected chi connectivity index (χ0v) is 14.2. The van der Waals surface area contributed by atoms with E-state index in [0.717, 1.165) is 17.5 Å². The van der Waals surface area contributed by atoms with Gasteiger partial charge >= 0.3 is 0 Å². The molecule has 3 N–H and O–H groups in total. The molecule has 0 bridgehead atoms. The predicted molar refractivity (Wildman–Crippen MR) is 95.4 cm³/mol. The van der Waals surface area contributed by atoms with Gasteiger partial charge < -0.3 is 15.7 Å². The molecular weight excluding hydrogens is 316 g/mol. The van der Waals surface area contributed by atoms with E-state index >= 15 is 0 Å². The molecule has 5 heteroatoms. The number of fused-ring (bicyclic) bond motifs is 1. The summed E-state index contributed by atoms with van der Waals surface area (Å²) in [4.78, 5) is 24.6. The van der Waals surface area contributed by atoms with Gasteiger partial charge in [0, 0.05) is 24.1 Å². The summed E-state index contributed by atoms with van der Waals surface area (Å²) in [6.45, 7) is 2.58. The van der Waals surface area contributed by atoms with E-state index in [1.165, 1.54) is 0 Å². The van der Waals surface area contributed by atoms with Crippen molar-refractivity contribution in [1.29, 1.82) is 0 Å². The lowest BCUT2D eigenvalue weighted by Crippen LogP contribution is -2.34. The first-order chi connectivity index (χ1) is 12.1. The van der Waals surface area contributed by atoms with Gasteiger partial charge in [-0.25, -0.2) is 0 Å². The molecule has 0 fully saturated rings. The molecule has 0 spiro atoms. The van der Waals surface area contributed by atoms with Crippen LogP contribution in [0.25, 0.3) is 0 Å². The number of hydrogen-bond acceptors (Lipinski definition) is 3. The van der Waals surface area contributed by atoms with Crippen molar-refractivity contribution in [1.82, 2.24) is 10.6 Å². The van der Waals surface area contributed by atoms with E-state index in [4.69, 9.17) is 0 Å². The maximum absolute atomic E-state index is 12.6. The Morgan fingerprint density at radius 2 is 1.80 bits per heavy atom. The second-order valence-electron chi connectivity index (χ2n) is 6.26. The van der Waals surface area contributed by atoms with Gasteiger partial charge in [-0.2, -0.15) is 0 Å². The van der Waals surface area contributed by atoms with Crippen molar-refractivity contribution >= 4 is 11.8 Å². The van der Waals surface area contributed by atoms with E-state index in [1.807, 2.05) is 31.2 Å². The van der Waals surface area contributed by atoms with Crippen molar-refractivity contribution in [2.75, 3.05) is 6.54 Å². The number of aliphatic hydroxyl groups is 1. The molecule has 2 aromatic rings. The Hall–Kier alpha value is -2.66. The minimum Gasteiger partial charge on any atom is -0.390 e. The second kappa shape index (κ2) is 7.49. The van der Waals surface area contributed by atoms with Gasteiger partial charge in [0.05, 0.1) is 12.1 Å². The van der Waals surface area contributed by atoms with Crippen LogP contribution in [0.5, 0.6) is 0 Å². The number of carbonyl (C=O) groups excluding carboxylic acids is 2. The first kappa shape index (κ1) is 17.2. The number of hydrogen-bond donors (Lipinski definition) is 3. The molecule has 0 radical (unpaired) electrons. The molecule has 2 atom stereocenters. The van der Waals surface area contributed by atoms with Crippen molar-refractivity contribution in [3.63, 3.8) is 0 Å². The lowest BCUT2D eigenvalue weighted by atomic mass is 10.1. The van der Waals surface area contributed by atoms with Crippen LogP contribution < -0.4 is 10.6 Å². The van der Waals surface area contributed by atoms with Crippen molar-refractivity contribution in [2.24, 2.45) is 0 Å². The molecule has 1 aliphatic carbocycles. The van der Waals surface area contributed by atoms with Crippen molar-refractivity contribution in [2.45, 2.75) is 31.9 Å². The number of nitrogens with one attached hydrogen (secondary N) is 2. The van der Waals surface area contributed by atoms with E-state index in [9.17, 15) is 14.7 Å². The van der Waals surface area contributed by atoms with E-state index in [1.54, 1.807) is 24.3 Å². The smallest absolute Gasteiger partial charge is 0.251 e. The number of aliphatic hydroxyl groups excluding tert-OH is 1. The summed E-state index contributed by atoms with van der Waals surface area (Å²) >= 11 is 0. The molecule has 5 nitrogen and oxygen atoms in total. The molecule has 0 saturated heterocycles. The van der Waals surface area contributed by atoms with Crippen LogP contribution >= 0.6 is 0 Å². The molecule has 3 rings (SSSR count). The molecule has 1 aliphatic rings. The topological polar surface area (TPSA) is 78.4 Å². The standard InChI is InChI=1S/C20H22N2O3/c1-2-10-21-19(24)14-7-5-8-15(11-14)20(25)22-18-16-9-4-3-6-13(16)12-17(18)23/h3-9,11,17-18,23H,2,10,12H2,1H3,(H,21,24)(H,22,25). The Morgan fingerprint density at radius 1 is 1.08 bits per heavy atom. The molecular formula is C20H22N2O3. The van der Waals surface area contributed by atoms with Crippen molar-refractivity contribution in [3.05, 3.63) is 70.8 Å². The van der Waals surface area contributed by atoms with Crippen LogP contribution in [0.1, 0.15) is 51.2 Å². The minimum absolute atomic E-state index is 0.192. The molecule has 0 heterocycles. The monoisotopic (exact) mass is 338 g/mol. The third kappa shape index (κ3) is 3.72. The summed E-state index contributed by atoms with van der Waals surface area (Å²) in [5, 5.41) is 16.0. The Morgan fingerprint density at radius 3 is 2.56 bits per heavy atom. The van der Waals surface area contributed by atoms with E-state index < -0.39 is 12.1 Å². The SMILES string of the molecule is CCCNC(=O)c1cccc(C(=O)NC2c3ccccc3CC2O)c1. The Labute approximate surface area is 147 Å². The average Bonchev–Trinajstić information content (AvgIpc) is 2.95. The minimum atomic E-state index is -0.641. The van der Waals surface area contributed by atoms with Crippen LogP contribution in [-0.4, -0.2) is 29.6 Å². The maximum Gasteiger partial charge on any atom is 0.251 e. The molecule has 0 saturated carbocycles. The lowest BCUT2D eigenvalue weighted by Gasteiger charge is -2.18. The quantitative estimate of drug-likeness (QED) is 0.782. The molecule has 2 amide bonds. The van der Waals surface area contributed by atoms with Crippen LogP contribution in [0.2, 0.25) is 0 Å². The zero-order valence-electron chi connectivity index (χ0n) is 14.2. The van der Waals surface area contributed by atoms with E-state index in [2.05, 4.69) is 10.6 Å². The molecule has 0 aromatic heterocycles. The Balaban J connectivity index is 1.75. The number of carbonyl (C=O) groups is 2. The molecule has 0 aliphatic heterocycles. The number of amides is 2. The molecule has 130 valence electrons. The van der Waals surface area contributed by atoms with Crippen molar-refractivity contribution < 1.29 is 14.7 Å². The van der Waals surface area contributed by atoms with Crippen LogP contribution in [0.4, 0.5) is 0 Å². The summed E-state index contributed by atoms with van der Waals surface area (Å²) < 4.78 is 0. The van der Waals surface area contributed by atoms with E-state index in [-0.39, 0.29) is 11.8 Å². The lowest BCUT2D eigenvalue weighted by molar-refractivity contribution is 0.0858. The van der Waals surface area contributed by atoms with Gasteiger partial charge in [-0.1, -0.05) is 37.3 Å². The molecule has 2 aromatic carbocycles. The third-order valence-electron chi connectivity index (χ3n) is 4.41. The van der Waals surface area contributed by atoms with Gasteiger partial charge in [-0.15, -0.1) is 0 Å². The maximum atomic E-state index is 12.6. The highest BCUT2D eigenvalue weighted by Gasteiger charge is 2.32. The highest BCUT2D eigenvalue weighted by Crippen LogP contribution is 2.31. The van der Waals surface area contributed by atoms with Crippen LogP contribution in [-0.2, 0) is 6.42 Å². The van der Waals surface area contributed by atoms with E-state index in [0.29, 0.717) is 24.1 Å². The summed E-state index contributed by atoms with van der Waals surface area (Å²) in [5.41, 5.74) is 2.85. The van der Waals surface area contributed by atoms with Crippen LogP contribution in [0.15, 0.2) is 48.5 Å². The zero-order chi connectivity index (χ0) is 17.8. The van der Waals surface area contributed by atoms with Gasteiger partial charge in [0.15, 0.2) is 0 Å². The van der Waals surface area contributed by atoms with Gasteiger partial charge in [0.25, 0.3) is 11.8 Å². The average molecular weight is 338 g/mol. The normalized spacial score (nSPS) is 18.5.